The molecular weight excluding hydrogens is 469 g/mol. The molecule has 0 saturated carbocycles. The number of halogens is 2. The second-order valence-electron chi connectivity index (χ2n) is 8.75. The first kappa shape index (κ1) is 24.7. The Hall–Kier alpha value is -2.44. The second kappa shape index (κ2) is 11.3. The Morgan fingerprint density at radius 3 is 2.41 bits per heavy atom. The Labute approximate surface area is 211 Å². The van der Waals surface area contributed by atoms with Crippen LogP contribution in [0, 0.1) is 13.8 Å². The molecule has 2 aromatic carbocycles. The van der Waals surface area contributed by atoms with Crippen molar-refractivity contribution in [3.63, 3.8) is 0 Å². The van der Waals surface area contributed by atoms with Crippen molar-refractivity contribution < 1.29 is 9.53 Å². The van der Waals surface area contributed by atoms with Crippen LogP contribution in [-0.4, -0.2) is 53.4 Å². The molecule has 0 N–H and O–H groups in total. The highest BCUT2D eigenvalue weighted by molar-refractivity contribution is 6.30. The van der Waals surface area contributed by atoms with E-state index in [1.807, 2.05) is 36.1 Å². The summed E-state index contributed by atoms with van der Waals surface area (Å²) >= 11 is 12.2. The van der Waals surface area contributed by atoms with Crippen molar-refractivity contribution in [1.82, 2.24) is 14.8 Å². The van der Waals surface area contributed by atoms with Crippen LogP contribution < -0.4 is 0 Å². The first-order valence-electron chi connectivity index (χ1n) is 11.5. The number of piperazine rings is 1. The van der Waals surface area contributed by atoms with Gasteiger partial charge in [0, 0.05) is 49.0 Å². The molecule has 3 aromatic rings. The Bertz CT molecular complexity index is 1110. The molecule has 1 aliphatic rings. The van der Waals surface area contributed by atoms with Crippen molar-refractivity contribution in [3.8, 4) is 0 Å². The number of aryl methyl sites for hydroxylation is 2. The van der Waals surface area contributed by atoms with Crippen LogP contribution in [0.15, 0.2) is 60.7 Å². The minimum absolute atomic E-state index is 0.00278. The Kier molecular flexibility index (Phi) is 8.22. The first-order chi connectivity index (χ1) is 16.4. The van der Waals surface area contributed by atoms with Gasteiger partial charge in [0.15, 0.2) is 0 Å². The van der Waals surface area contributed by atoms with Crippen LogP contribution in [0.2, 0.25) is 10.2 Å². The van der Waals surface area contributed by atoms with Crippen LogP contribution in [0.5, 0.6) is 0 Å². The Morgan fingerprint density at radius 1 is 1.00 bits per heavy atom. The topological polar surface area (TPSA) is 45.7 Å². The van der Waals surface area contributed by atoms with Gasteiger partial charge in [0.05, 0.1) is 12.7 Å². The van der Waals surface area contributed by atoms with E-state index in [1.54, 1.807) is 12.1 Å². The first-order valence-corrected chi connectivity index (χ1v) is 12.2. The van der Waals surface area contributed by atoms with Crippen LogP contribution in [0.25, 0.3) is 0 Å². The molecule has 1 aromatic heterocycles. The molecule has 1 aliphatic heterocycles. The van der Waals surface area contributed by atoms with Gasteiger partial charge in [-0.05, 0) is 49.2 Å². The maximum atomic E-state index is 13.0. The second-order valence-corrected chi connectivity index (χ2v) is 9.58. The normalized spacial score (nSPS) is 15.4. The molecule has 0 unspecified atom stereocenters. The molecule has 1 atom stereocenters. The molecule has 0 radical (unpaired) electrons. The van der Waals surface area contributed by atoms with Gasteiger partial charge < -0.3 is 9.64 Å². The average Bonchev–Trinajstić information content (AvgIpc) is 2.82. The molecule has 4 rings (SSSR count). The SMILES string of the molecule is Cc1cccc(CO[C@H](CN2CCN(C(=O)c3cc(C)nc(Cl)c3)CC2)c2ccc(Cl)cc2)c1. The van der Waals surface area contributed by atoms with Crippen molar-refractivity contribution >= 4 is 29.1 Å². The summed E-state index contributed by atoms with van der Waals surface area (Å²) in [6, 6.07) is 19.7. The van der Waals surface area contributed by atoms with Crippen molar-refractivity contribution in [2.24, 2.45) is 0 Å². The zero-order chi connectivity index (χ0) is 24.1. The third-order valence-electron chi connectivity index (χ3n) is 6.03. The lowest BCUT2D eigenvalue weighted by Crippen LogP contribution is -2.49. The number of hydrogen-bond donors (Lipinski definition) is 0. The number of rotatable bonds is 7. The van der Waals surface area contributed by atoms with E-state index in [4.69, 9.17) is 27.9 Å². The summed E-state index contributed by atoms with van der Waals surface area (Å²) in [4.78, 5) is 21.3. The summed E-state index contributed by atoms with van der Waals surface area (Å²) in [5, 5.41) is 1.05. The van der Waals surface area contributed by atoms with Gasteiger partial charge in [0.25, 0.3) is 5.91 Å². The third kappa shape index (κ3) is 6.57. The van der Waals surface area contributed by atoms with E-state index in [0.29, 0.717) is 35.4 Å². The van der Waals surface area contributed by atoms with Gasteiger partial charge in [0.2, 0.25) is 0 Å². The quantitative estimate of drug-likeness (QED) is 0.391. The summed E-state index contributed by atoms with van der Waals surface area (Å²) in [5.41, 5.74) is 4.80. The molecule has 0 bridgehead atoms. The molecular formula is C27H29Cl2N3O2. The molecule has 7 heteroatoms. The number of pyridine rings is 1. The number of aromatic nitrogens is 1. The fourth-order valence-corrected chi connectivity index (χ4v) is 4.61. The molecule has 34 heavy (non-hydrogen) atoms. The highest BCUT2D eigenvalue weighted by Crippen LogP contribution is 2.24. The third-order valence-corrected chi connectivity index (χ3v) is 6.47. The van der Waals surface area contributed by atoms with Crippen LogP contribution >= 0.6 is 23.2 Å². The largest absolute Gasteiger partial charge is 0.368 e. The van der Waals surface area contributed by atoms with Crippen molar-refractivity contribution in [2.75, 3.05) is 32.7 Å². The summed E-state index contributed by atoms with van der Waals surface area (Å²) in [7, 11) is 0. The standard InChI is InChI=1S/C27H29Cl2N3O2/c1-19-4-3-5-21(14-19)18-34-25(22-6-8-24(28)9-7-22)17-31-10-12-32(13-11-31)27(33)23-15-20(2)30-26(29)16-23/h3-9,14-16,25H,10-13,17-18H2,1-2H3/t25-/m1/s1. The fourth-order valence-electron chi connectivity index (χ4n) is 4.23. The van der Waals surface area contributed by atoms with Gasteiger partial charge >= 0.3 is 0 Å². The van der Waals surface area contributed by atoms with E-state index in [1.165, 1.54) is 5.56 Å². The van der Waals surface area contributed by atoms with Gasteiger partial charge in [-0.15, -0.1) is 0 Å². The Balaban J connectivity index is 1.39. The van der Waals surface area contributed by atoms with Crippen molar-refractivity contribution in [3.05, 3.63) is 98.8 Å². The minimum Gasteiger partial charge on any atom is -0.368 e. The Morgan fingerprint density at radius 2 is 1.74 bits per heavy atom. The molecule has 5 nitrogen and oxygen atoms in total. The van der Waals surface area contributed by atoms with E-state index in [9.17, 15) is 4.79 Å². The van der Waals surface area contributed by atoms with E-state index in [-0.39, 0.29) is 12.0 Å². The minimum atomic E-state index is -0.0957. The van der Waals surface area contributed by atoms with Gasteiger partial charge in [-0.3, -0.25) is 9.69 Å². The lowest BCUT2D eigenvalue weighted by Gasteiger charge is -2.36. The zero-order valence-electron chi connectivity index (χ0n) is 19.5. The summed E-state index contributed by atoms with van der Waals surface area (Å²) in [6.07, 6.45) is -0.0957. The predicted octanol–water partition coefficient (Wildman–Crippen LogP) is 5.72. The summed E-state index contributed by atoms with van der Waals surface area (Å²) < 4.78 is 6.39. The molecule has 0 aliphatic carbocycles. The number of carbonyl (C=O) groups excluding carboxylic acids is 1. The van der Waals surface area contributed by atoms with Gasteiger partial charge in [0.1, 0.15) is 5.15 Å². The molecule has 1 amide bonds. The number of nitrogens with zero attached hydrogens (tertiary/aromatic N) is 3. The number of hydrogen-bond acceptors (Lipinski definition) is 4. The maximum Gasteiger partial charge on any atom is 0.254 e. The van der Waals surface area contributed by atoms with Crippen LogP contribution in [0.4, 0.5) is 0 Å². The highest BCUT2D eigenvalue weighted by atomic mass is 35.5. The van der Waals surface area contributed by atoms with Crippen LogP contribution in [0.1, 0.15) is 38.8 Å². The van der Waals surface area contributed by atoms with E-state index in [2.05, 4.69) is 41.1 Å². The number of carbonyl (C=O) groups is 1. The average molecular weight is 498 g/mol. The lowest BCUT2D eigenvalue weighted by atomic mass is 10.1. The molecule has 178 valence electrons. The van der Waals surface area contributed by atoms with Crippen LogP contribution in [0.3, 0.4) is 0 Å². The zero-order valence-corrected chi connectivity index (χ0v) is 21.0. The highest BCUT2D eigenvalue weighted by Gasteiger charge is 2.25. The number of amides is 1. The molecule has 1 saturated heterocycles. The number of ether oxygens (including phenoxy) is 1. The summed E-state index contributed by atoms with van der Waals surface area (Å²) in [6.45, 7) is 8.08. The van der Waals surface area contributed by atoms with Crippen LogP contribution in [-0.2, 0) is 11.3 Å². The van der Waals surface area contributed by atoms with Gasteiger partial charge in [-0.2, -0.15) is 0 Å². The maximum absolute atomic E-state index is 13.0. The fraction of sp³-hybridized carbons (Fsp3) is 0.333. The molecule has 2 heterocycles. The van der Waals surface area contributed by atoms with E-state index >= 15 is 0 Å². The van der Waals surface area contributed by atoms with E-state index < -0.39 is 0 Å². The van der Waals surface area contributed by atoms with Gasteiger partial charge in [-0.1, -0.05) is 65.2 Å². The van der Waals surface area contributed by atoms with Crippen molar-refractivity contribution in [2.45, 2.75) is 26.6 Å². The lowest BCUT2D eigenvalue weighted by molar-refractivity contribution is 0.00341. The summed E-state index contributed by atoms with van der Waals surface area (Å²) in [5.74, 6) is -0.00278. The van der Waals surface area contributed by atoms with Gasteiger partial charge in [-0.25, -0.2) is 4.98 Å². The van der Waals surface area contributed by atoms with Crippen molar-refractivity contribution in [1.29, 1.82) is 0 Å². The monoisotopic (exact) mass is 497 g/mol. The molecule has 1 fully saturated rings. The molecule has 0 spiro atoms. The number of benzene rings is 2. The smallest absolute Gasteiger partial charge is 0.254 e. The van der Waals surface area contributed by atoms with E-state index in [0.717, 1.165) is 36.5 Å². The predicted molar refractivity (Wildman–Crippen MR) is 136 cm³/mol.